The van der Waals surface area contributed by atoms with Crippen LogP contribution in [0.4, 0.5) is 8.78 Å². The minimum Gasteiger partial charge on any atom is -0.204 e. The van der Waals surface area contributed by atoms with Crippen LogP contribution in [0.25, 0.3) is 0 Å². The number of benzene rings is 2. The Morgan fingerprint density at radius 1 is 0.833 bits per heavy atom. The first-order chi connectivity index (χ1) is 11.5. The molecule has 0 heterocycles. The van der Waals surface area contributed by atoms with E-state index in [4.69, 9.17) is 15.7 Å². The lowest BCUT2D eigenvalue weighted by molar-refractivity contribution is 0.444. The maximum absolute atomic E-state index is 13.7. The molecule has 1 fully saturated rings. The van der Waals surface area contributed by atoms with Crippen LogP contribution in [0.5, 0.6) is 0 Å². The second kappa shape index (κ2) is 7.26. The van der Waals surface area contributed by atoms with Crippen molar-refractivity contribution in [3.63, 3.8) is 0 Å². The highest BCUT2D eigenvalue weighted by Crippen LogP contribution is 2.36. The molecule has 0 unspecified atom stereocenters. The minimum atomic E-state index is -1.05. The van der Waals surface area contributed by atoms with Crippen molar-refractivity contribution < 1.29 is 8.78 Å². The van der Waals surface area contributed by atoms with Crippen molar-refractivity contribution in [2.45, 2.75) is 37.4 Å². The van der Waals surface area contributed by atoms with E-state index in [1.54, 1.807) is 0 Å². The van der Waals surface area contributed by atoms with Crippen molar-refractivity contribution in [2.24, 2.45) is 0 Å². The smallest absolute Gasteiger partial charge is 0.173 e. The van der Waals surface area contributed by atoms with E-state index in [1.807, 2.05) is 12.1 Å². The summed E-state index contributed by atoms with van der Waals surface area (Å²) in [6.45, 7) is 0. The van der Waals surface area contributed by atoms with Gasteiger partial charge in [-0.05, 0) is 42.5 Å². The number of rotatable bonds is 1. The largest absolute Gasteiger partial charge is 0.204 e. The average molecular weight is 316 g/mol. The summed E-state index contributed by atoms with van der Waals surface area (Å²) in [6.07, 6.45) is 4.35. The van der Waals surface area contributed by atoms with Crippen molar-refractivity contribution in [2.75, 3.05) is 0 Å². The van der Waals surface area contributed by atoms with Gasteiger partial charge in [-0.3, -0.25) is 0 Å². The van der Waals surface area contributed by atoms with E-state index in [9.17, 15) is 8.78 Å². The number of hydrogen-bond donors (Lipinski definition) is 0. The Labute approximate surface area is 144 Å². The molecule has 1 saturated carbocycles. The van der Waals surface area contributed by atoms with Gasteiger partial charge in [0.25, 0.3) is 0 Å². The van der Waals surface area contributed by atoms with Crippen LogP contribution in [0.2, 0.25) is 5.82 Å². The van der Waals surface area contributed by atoms with E-state index in [0.29, 0.717) is 11.7 Å². The molecule has 0 N–H and O–H groups in total. The molecule has 2 aromatic carbocycles. The fourth-order valence-electron chi connectivity index (χ4n) is 3.09. The van der Waals surface area contributed by atoms with Crippen molar-refractivity contribution in [3.8, 4) is 11.8 Å². The molecule has 3 rings (SSSR count). The first-order valence-electron chi connectivity index (χ1n) is 8.15. The third-order valence-electron chi connectivity index (χ3n) is 4.61. The minimum absolute atomic E-state index is 0.00652. The van der Waals surface area contributed by atoms with Crippen LogP contribution in [0, 0.1) is 23.5 Å². The Kier molecular flexibility index (Phi) is 5.09. The highest BCUT2D eigenvalue weighted by molar-refractivity contribution is 6.32. The van der Waals surface area contributed by atoms with Crippen LogP contribution < -0.4 is 5.46 Å². The first-order valence-corrected chi connectivity index (χ1v) is 8.15. The first kappa shape index (κ1) is 16.8. The standard InChI is InChI=1S/C20H16B2F2/c21-17-10-7-15(8-11-17)14-4-1-13(2-5-14)3-6-16-9-12-18(22)20(24)19(16)23/h1-2,4-5,9,12,15,17H,7-8,10-11H2. The van der Waals surface area contributed by atoms with E-state index in [0.717, 1.165) is 31.2 Å². The molecule has 0 spiro atoms. The maximum Gasteiger partial charge on any atom is 0.173 e. The van der Waals surface area contributed by atoms with Gasteiger partial charge in [-0.2, -0.15) is 0 Å². The van der Waals surface area contributed by atoms with Crippen molar-refractivity contribution in [1.82, 2.24) is 0 Å². The Morgan fingerprint density at radius 3 is 2.17 bits per heavy atom. The highest BCUT2D eigenvalue weighted by Gasteiger charge is 2.19. The molecule has 116 valence electrons. The van der Waals surface area contributed by atoms with Gasteiger partial charge in [-0.1, -0.05) is 54.2 Å². The fraction of sp³-hybridized carbons (Fsp3) is 0.300. The van der Waals surface area contributed by atoms with Crippen LogP contribution >= 0.6 is 0 Å². The average Bonchev–Trinajstić information content (AvgIpc) is 2.60. The SMILES string of the molecule is [B]c1ccc(C#Cc2ccc(C3CCC([B])CC3)cc2)c(F)c1F. The molecule has 0 saturated heterocycles. The zero-order chi connectivity index (χ0) is 17.1. The Morgan fingerprint density at radius 2 is 1.50 bits per heavy atom. The van der Waals surface area contributed by atoms with Gasteiger partial charge in [0.1, 0.15) is 7.85 Å². The molecule has 1 aliphatic carbocycles. The zero-order valence-corrected chi connectivity index (χ0v) is 13.4. The summed E-state index contributed by atoms with van der Waals surface area (Å²) in [6, 6.07) is 10.7. The van der Waals surface area contributed by atoms with Crippen LogP contribution in [0.1, 0.15) is 48.3 Å². The monoisotopic (exact) mass is 316 g/mol. The van der Waals surface area contributed by atoms with Gasteiger partial charge in [0.05, 0.1) is 13.4 Å². The topological polar surface area (TPSA) is 0 Å². The molecule has 0 nitrogen and oxygen atoms in total. The summed E-state index contributed by atoms with van der Waals surface area (Å²) >= 11 is 0. The van der Waals surface area contributed by atoms with E-state index in [1.165, 1.54) is 17.7 Å². The molecule has 0 aliphatic heterocycles. The lowest BCUT2D eigenvalue weighted by Gasteiger charge is -2.26. The second-order valence-electron chi connectivity index (χ2n) is 6.31. The molecule has 0 atom stereocenters. The van der Waals surface area contributed by atoms with Gasteiger partial charge in [0.15, 0.2) is 11.6 Å². The lowest BCUT2D eigenvalue weighted by atomic mass is 9.70. The number of hydrogen-bond acceptors (Lipinski definition) is 0. The van der Waals surface area contributed by atoms with E-state index >= 15 is 0 Å². The van der Waals surface area contributed by atoms with Crippen LogP contribution in [0.15, 0.2) is 36.4 Å². The predicted molar refractivity (Wildman–Crippen MR) is 94.9 cm³/mol. The molecule has 4 radical (unpaired) electrons. The van der Waals surface area contributed by atoms with Gasteiger partial charge in [-0.25, -0.2) is 8.78 Å². The Balaban J connectivity index is 1.75. The number of halogens is 2. The molecular formula is C20H16B2F2. The van der Waals surface area contributed by atoms with Crippen molar-refractivity contribution in [1.29, 1.82) is 0 Å². The van der Waals surface area contributed by atoms with E-state index in [-0.39, 0.29) is 11.0 Å². The van der Waals surface area contributed by atoms with Crippen molar-refractivity contribution >= 4 is 21.2 Å². The van der Waals surface area contributed by atoms with Gasteiger partial charge >= 0.3 is 0 Å². The van der Waals surface area contributed by atoms with Crippen LogP contribution in [-0.2, 0) is 0 Å². The molecule has 0 bridgehead atoms. The highest BCUT2D eigenvalue weighted by atomic mass is 19.2. The summed E-state index contributed by atoms with van der Waals surface area (Å²) < 4.78 is 27.2. The molecule has 2 aromatic rings. The van der Waals surface area contributed by atoms with Crippen LogP contribution in [0.3, 0.4) is 0 Å². The van der Waals surface area contributed by atoms with Gasteiger partial charge in [0.2, 0.25) is 0 Å². The van der Waals surface area contributed by atoms with E-state index < -0.39 is 11.6 Å². The zero-order valence-electron chi connectivity index (χ0n) is 13.4. The fourth-order valence-corrected chi connectivity index (χ4v) is 3.09. The third kappa shape index (κ3) is 3.73. The molecular weight excluding hydrogens is 300 g/mol. The second-order valence-corrected chi connectivity index (χ2v) is 6.31. The normalized spacial score (nSPS) is 20.2. The molecule has 0 amide bonds. The van der Waals surface area contributed by atoms with Gasteiger partial charge in [-0.15, -0.1) is 0 Å². The summed E-state index contributed by atoms with van der Waals surface area (Å²) in [5.74, 6) is 4.37. The Bertz CT molecular complexity index is 780. The molecule has 4 heteroatoms. The quantitative estimate of drug-likeness (QED) is 0.555. The van der Waals surface area contributed by atoms with E-state index in [2.05, 4.69) is 24.0 Å². The molecule has 1 aliphatic rings. The molecule has 24 heavy (non-hydrogen) atoms. The third-order valence-corrected chi connectivity index (χ3v) is 4.61. The summed E-state index contributed by atoms with van der Waals surface area (Å²) in [5.41, 5.74) is 1.85. The molecule has 0 aromatic heterocycles. The summed E-state index contributed by atoms with van der Waals surface area (Å²) in [7, 11) is 11.3. The Hall–Kier alpha value is -2.01. The summed E-state index contributed by atoms with van der Waals surface area (Å²) in [5, 5.41) is 0. The maximum atomic E-state index is 13.7. The van der Waals surface area contributed by atoms with Gasteiger partial charge < -0.3 is 0 Å². The van der Waals surface area contributed by atoms with Crippen LogP contribution in [-0.4, -0.2) is 15.7 Å². The summed E-state index contributed by atoms with van der Waals surface area (Å²) in [4.78, 5) is 0. The lowest BCUT2D eigenvalue weighted by Crippen LogP contribution is -2.11. The van der Waals surface area contributed by atoms with Gasteiger partial charge in [0, 0.05) is 5.56 Å². The predicted octanol–water partition coefficient (Wildman–Crippen LogP) is 3.77. The van der Waals surface area contributed by atoms with Crippen molar-refractivity contribution in [3.05, 3.63) is 64.7 Å².